The zero-order chi connectivity index (χ0) is 12.7. The van der Waals surface area contributed by atoms with Gasteiger partial charge in [0.15, 0.2) is 11.6 Å². The molecule has 1 atom stereocenters. The maximum atomic E-state index is 13.5. The van der Waals surface area contributed by atoms with Crippen molar-refractivity contribution < 1.29 is 9.13 Å². The van der Waals surface area contributed by atoms with Gasteiger partial charge in [-0.15, -0.1) is 0 Å². The quantitative estimate of drug-likeness (QED) is 0.811. The lowest BCUT2D eigenvalue weighted by molar-refractivity contribution is 0.386. The molecule has 0 heterocycles. The molecule has 17 heavy (non-hydrogen) atoms. The van der Waals surface area contributed by atoms with E-state index in [1.165, 1.54) is 7.11 Å². The van der Waals surface area contributed by atoms with Crippen LogP contribution in [0.2, 0.25) is 0 Å². The first-order valence-electron chi connectivity index (χ1n) is 5.78. The van der Waals surface area contributed by atoms with Gasteiger partial charge in [0.05, 0.1) is 7.11 Å². The Kier molecular flexibility index (Phi) is 6.37. The van der Waals surface area contributed by atoms with E-state index in [4.69, 9.17) is 4.74 Å². The molecule has 0 aliphatic rings. The van der Waals surface area contributed by atoms with Gasteiger partial charge < -0.3 is 10.1 Å². The molecule has 0 spiro atoms. The molecule has 0 aliphatic heterocycles. The summed E-state index contributed by atoms with van der Waals surface area (Å²) >= 11 is 1.89. The molecular weight excluding hydrogens is 237 g/mol. The van der Waals surface area contributed by atoms with Crippen molar-refractivity contribution in [1.29, 1.82) is 0 Å². The number of thioether (sulfide) groups is 1. The van der Waals surface area contributed by atoms with Crippen molar-refractivity contribution in [1.82, 2.24) is 5.32 Å². The highest BCUT2D eigenvalue weighted by Crippen LogP contribution is 2.19. The predicted molar refractivity (Wildman–Crippen MR) is 72.5 cm³/mol. The second kappa shape index (κ2) is 7.56. The maximum Gasteiger partial charge on any atom is 0.165 e. The molecule has 0 saturated heterocycles. The Balaban J connectivity index is 2.63. The Morgan fingerprint density at radius 2 is 2.24 bits per heavy atom. The third kappa shape index (κ3) is 4.56. The van der Waals surface area contributed by atoms with Crippen molar-refractivity contribution in [3.05, 3.63) is 29.6 Å². The standard InChI is InChI=1S/C13H20FNOS/c1-4-17-9-11(15-2)7-10-5-6-13(16-3)12(14)8-10/h5-6,8,11,15H,4,7,9H2,1-3H3. The molecule has 2 nitrogen and oxygen atoms in total. The Bertz CT molecular complexity index is 346. The molecule has 4 heteroatoms. The lowest BCUT2D eigenvalue weighted by Crippen LogP contribution is -2.30. The Labute approximate surface area is 107 Å². The van der Waals surface area contributed by atoms with Crippen LogP contribution in [0.3, 0.4) is 0 Å². The summed E-state index contributed by atoms with van der Waals surface area (Å²) in [5.74, 6) is 2.16. The number of hydrogen-bond donors (Lipinski definition) is 1. The van der Waals surface area contributed by atoms with Crippen molar-refractivity contribution in [2.45, 2.75) is 19.4 Å². The molecule has 0 bridgehead atoms. The van der Waals surface area contributed by atoms with E-state index in [1.807, 2.05) is 24.9 Å². The average molecular weight is 257 g/mol. The molecule has 0 radical (unpaired) electrons. The zero-order valence-electron chi connectivity index (χ0n) is 10.6. The second-order valence-electron chi connectivity index (χ2n) is 3.82. The highest BCUT2D eigenvalue weighted by atomic mass is 32.2. The highest BCUT2D eigenvalue weighted by Gasteiger charge is 2.09. The van der Waals surface area contributed by atoms with Gasteiger partial charge in [-0.05, 0) is 36.9 Å². The average Bonchev–Trinajstić information content (AvgIpc) is 2.34. The normalized spacial score (nSPS) is 12.5. The summed E-state index contributed by atoms with van der Waals surface area (Å²) in [4.78, 5) is 0. The van der Waals surface area contributed by atoms with E-state index < -0.39 is 0 Å². The number of halogens is 1. The minimum atomic E-state index is -0.289. The minimum absolute atomic E-state index is 0.289. The van der Waals surface area contributed by atoms with E-state index in [0.717, 1.165) is 23.5 Å². The van der Waals surface area contributed by atoms with Gasteiger partial charge in [-0.3, -0.25) is 0 Å². The fraction of sp³-hybridized carbons (Fsp3) is 0.538. The van der Waals surface area contributed by atoms with Crippen molar-refractivity contribution in [2.24, 2.45) is 0 Å². The van der Waals surface area contributed by atoms with Crippen LogP contribution in [0.15, 0.2) is 18.2 Å². The van der Waals surface area contributed by atoms with Gasteiger partial charge in [0.25, 0.3) is 0 Å². The summed E-state index contributed by atoms with van der Waals surface area (Å²) in [6.07, 6.45) is 0.838. The van der Waals surface area contributed by atoms with E-state index in [-0.39, 0.29) is 5.82 Å². The number of ether oxygens (including phenoxy) is 1. The fourth-order valence-corrected chi connectivity index (χ4v) is 2.43. The van der Waals surface area contributed by atoms with Crippen molar-refractivity contribution in [3.63, 3.8) is 0 Å². The number of methoxy groups -OCH3 is 1. The van der Waals surface area contributed by atoms with Crippen LogP contribution >= 0.6 is 11.8 Å². The summed E-state index contributed by atoms with van der Waals surface area (Å²) in [6, 6.07) is 5.54. The number of benzene rings is 1. The third-order valence-corrected chi connectivity index (χ3v) is 3.68. The molecule has 0 aliphatic carbocycles. The molecule has 0 saturated carbocycles. The SMILES string of the molecule is CCSCC(Cc1ccc(OC)c(F)c1)NC. The predicted octanol–water partition coefficient (Wildman–Crippen LogP) is 2.72. The van der Waals surface area contributed by atoms with Gasteiger partial charge >= 0.3 is 0 Å². The Morgan fingerprint density at radius 1 is 1.47 bits per heavy atom. The van der Waals surface area contributed by atoms with Crippen molar-refractivity contribution in [3.8, 4) is 5.75 Å². The first-order chi connectivity index (χ1) is 8.21. The topological polar surface area (TPSA) is 21.3 Å². The van der Waals surface area contributed by atoms with Gasteiger partial charge in [-0.25, -0.2) is 4.39 Å². The minimum Gasteiger partial charge on any atom is -0.494 e. The van der Waals surface area contributed by atoms with E-state index in [1.54, 1.807) is 12.1 Å². The first-order valence-corrected chi connectivity index (χ1v) is 6.94. The van der Waals surface area contributed by atoms with Crippen LogP contribution in [-0.2, 0) is 6.42 Å². The molecule has 96 valence electrons. The summed E-state index contributed by atoms with van der Waals surface area (Å²) in [7, 11) is 3.42. The fourth-order valence-electron chi connectivity index (χ4n) is 1.63. The largest absolute Gasteiger partial charge is 0.494 e. The smallest absolute Gasteiger partial charge is 0.165 e. The summed E-state index contributed by atoms with van der Waals surface area (Å²) in [6.45, 7) is 2.14. The molecule has 1 unspecified atom stereocenters. The van der Waals surface area contributed by atoms with Gasteiger partial charge in [-0.2, -0.15) is 11.8 Å². The zero-order valence-corrected chi connectivity index (χ0v) is 11.4. The number of nitrogens with one attached hydrogen (secondary N) is 1. The van der Waals surface area contributed by atoms with Crippen LogP contribution in [0, 0.1) is 5.82 Å². The van der Waals surface area contributed by atoms with Gasteiger partial charge in [0, 0.05) is 11.8 Å². The van der Waals surface area contributed by atoms with Gasteiger partial charge in [0.2, 0.25) is 0 Å². The molecule has 1 N–H and O–H groups in total. The summed E-state index contributed by atoms with van der Waals surface area (Å²) in [5, 5.41) is 3.26. The van der Waals surface area contributed by atoms with Crippen LogP contribution < -0.4 is 10.1 Å². The maximum absolute atomic E-state index is 13.5. The third-order valence-electron chi connectivity index (χ3n) is 2.63. The van der Waals surface area contributed by atoms with Crippen LogP contribution in [0.4, 0.5) is 4.39 Å². The van der Waals surface area contributed by atoms with Crippen LogP contribution in [0.1, 0.15) is 12.5 Å². The van der Waals surface area contributed by atoms with Gasteiger partial charge in [-0.1, -0.05) is 13.0 Å². The van der Waals surface area contributed by atoms with Crippen molar-refractivity contribution >= 4 is 11.8 Å². The highest BCUT2D eigenvalue weighted by molar-refractivity contribution is 7.99. The first kappa shape index (κ1) is 14.3. The lowest BCUT2D eigenvalue weighted by atomic mass is 10.1. The summed E-state index contributed by atoms with van der Waals surface area (Å²) in [5.41, 5.74) is 0.999. The number of rotatable bonds is 7. The van der Waals surface area contributed by atoms with Crippen LogP contribution in [0.5, 0.6) is 5.75 Å². The van der Waals surface area contributed by atoms with Crippen LogP contribution in [-0.4, -0.2) is 31.7 Å². The van der Waals surface area contributed by atoms with E-state index in [2.05, 4.69) is 12.2 Å². The monoisotopic (exact) mass is 257 g/mol. The molecule has 0 fully saturated rings. The molecule has 0 amide bonds. The van der Waals surface area contributed by atoms with Crippen molar-refractivity contribution in [2.75, 3.05) is 25.7 Å². The van der Waals surface area contributed by atoms with E-state index in [9.17, 15) is 4.39 Å². The molecular formula is C13H20FNOS. The number of hydrogen-bond acceptors (Lipinski definition) is 3. The summed E-state index contributed by atoms with van der Waals surface area (Å²) < 4.78 is 18.4. The Hall–Kier alpha value is -0.740. The molecule has 1 aromatic carbocycles. The van der Waals surface area contributed by atoms with E-state index in [0.29, 0.717) is 11.8 Å². The van der Waals surface area contributed by atoms with Crippen LogP contribution in [0.25, 0.3) is 0 Å². The van der Waals surface area contributed by atoms with Gasteiger partial charge in [0.1, 0.15) is 0 Å². The Morgan fingerprint density at radius 3 is 2.76 bits per heavy atom. The number of likely N-dealkylation sites (N-methyl/N-ethyl adjacent to an activating group) is 1. The second-order valence-corrected chi connectivity index (χ2v) is 5.14. The molecule has 1 aromatic rings. The molecule has 1 rings (SSSR count). The molecule has 0 aromatic heterocycles. The lowest BCUT2D eigenvalue weighted by Gasteiger charge is -2.15. The van der Waals surface area contributed by atoms with E-state index >= 15 is 0 Å².